The highest BCUT2D eigenvalue weighted by Gasteiger charge is 2.44. The number of hydrogen-bond acceptors (Lipinski definition) is 5. The molecule has 0 saturated heterocycles. The van der Waals surface area contributed by atoms with Gasteiger partial charge in [-0.25, -0.2) is 14.3 Å². The summed E-state index contributed by atoms with van der Waals surface area (Å²) in [6, 6.07) is 5.67. The predicted octanol–water partition coefficient (Wildman–Crippen LogP) is 1.27. The van der Waals surface area contributed by atoms with Gasteiger partial charge in [-0.1, -0.05) is 5.92 Å². The topological polar surface area (TPSA) is 118 Å². The van der Waals surface area contributed by atoms with Crippen LogP contribution >= 0.6 is 0 Å². The number of nitrogens with two attached hydrogens (primary N) is 1. The molecule has 0 radical (unpaired) electrons. The standard InChI is InChI=1S/C20H17F2N3O4/c1-20(23,19(21)22)16(18(27)25-28)24-17(26)15-8-6-13(7-9-15)4-2-3-5-14-10-11-29-12-14/h6-12,16,19,28H,23H2,1H3,(H,24,26)(H,25,27)/t16-,20?/m1/s1. The van der Waals surface area contributed by atoms with E-state index in [2.05, 4.69) is 29.0 Å². The third-order valence-electron chi connectivity index (χ3n) is 3.88. The molecule has 150 valence electrons. The van der Waals surface area contributed by atoms with E-state index in [0.717, 1.165) is 6.92 Å². The Bertz CT molecular complexity index is 979. The zero-order valence-electron chi connectivity index (χ0n) is 15.2. The molecule has 9 heteroatoms. The lowest BCUT2D eigenvalue weighted by atomic mass is 9.92. The number of rotatable bonds is 5. The van der Waals surface area contributed by atoms with E-state index in [4.69, 9.17) is 15.4 Å². The molecule has 2 amide bonds. The van der Waals surface area contributed by atoms with Crippen LogP contribution in [0.4, 0.5) is 8.78 Å². The number of nitrogens with one attached hydrogen (secondary N) is 2. The molecule has 2 rings (SSSR count). The second kappa shape index (κ2) is 9.51. The van der Waals surface area contributed by atoms with Gasteiger partial charge in [-0.2, -0.15) is 0 Å². The number of amides is 2. The quantitative estimate of drug-likeness (QED) is 0.342. The van der Waals surface area contributed by atoms with E-state index < -0.39 is 29.8 Å². The Labute approximate surface area is 165 Å². The van der Waals surface area contributed by atoms with Gasteiger partial charge in [0.2, 0.25) is 0 Å². The molecule has 29 heavy (non-hydrogen) atoms. The second-order valence-corrected chi connectivity index (χ2v) is 6.14. The molecule has 2 atom stereocenters. The summed E-state index contributed by atoms with van der Waals surface area (Å²) in [5.74, 6) is 8.75. The van der Waals surface area contributed by atoms with E-state index >= 15 is 0 Å². The molecule has 0 bridgehead atoms. The van der Waals surface area contributed by atoms with Crippen LogP contribution in [0.2, 0.25) is 0 Å². The average Bonchev–Trinajstić information content (AvgIpc) is 3.22. The summed E-state index contributed by atoms with van der Waals surface area (Å²) >= 11 is 0. The number of furan rings is 1. The van der Waals surface area contributed by atoms with Crippen molar-refractivity contribution in [2.75, 3.05) is 0 Å². The molecule has 7 nitrogen and oxygen atoms in total. The van der Waals surface area contributed by atoms with Crippen LogP contribution in [0, 0.1) is 23.7 Å². The first kappa shape index (κ1) is 21.6. The molecule has 0 saturated carbocycles. The maximum atomic E-state index is 13.1. The molecule has 0 spiro atoms. The largest absolute Gasteiger partial charge is 0.471 e. The number of alkyl halides is 2. The third-order valence-corrected chi connectivity index (χ3v) is 3.88. The van der Waals surface area contributed by atoms with Gasteiger partial charge in [-0.3, -0.25) is 14.8 Å². The SMILES string of the molecule is CC(N)(C(F)F)[C@H](NC(=O)c1ccc(C#CC#Cc2ccoc2)cc1)C(=O)NO. The van der Waals surface area contributed by atoms with Crippen molar-refractivity contribution in [3.05, 3.63) is 59.5 Å². The minimum absolute atomic E-state index is 0.0841. The van der Waals surface area contributed by atoms with Gasteiger partial charge < -0.3 is 15.5 Å². The lowest BCUT2D eigenvalue weighted by Gasteiger charge is -2.32. The van der Waals surface area contributed by atoms with Crippen molar-refractivity contribution in [3.63, 3.8) is 0 Å². The number of carbonyl (C=O) groups is 2. The second-order valence-electron chi connectivity index (χ2n) is 6.14. The summed E-state index contributed by atoms with van der Waals surface area (Å²) in [5.41, 5.74) is 5.61. The van der Waals surface area contributed by atoms with Crippen LogP contribution in [0.3, 0.4) is 0 Å². The van der Waals surface area contributed by atoms with Gasteiger partial charge in [-0.15, -0.1) is 0 Å². The number of hydrogen-bond donors (Lipinski definition) is 4. The minimum atomic E-state index is -3.13. The molecule has 1 aromatic carbocycles. The minimum Gasteiger partial charge on any atom is -0.471 e. The van der Waals surface area contributed by atoms with Gasteiger partial charge in [0.15, 0.2) is 0 Å². The summed E-state index contributed by atoms with van der Waals surface area (Å²) in [7, 11) is 0. The Kier molecular flexibility index (Phi) is 7.10. The smallest absolute Gasteiger partial charge is 0.268 e. The Morgan fingerprint density at radius 1 is 1.14 bits per heavy atom. The average molecular weight is 401 g/mol. The Balaban J connectivity index is 2.10. The van der Waals surface area contributed by atoms with Gasteiger partial charge in [0.1, 0.15) is 17.8 Å². The number of carbonyl (C=O) groups excluding carboxylic acids is 2. The van der Waals surface area contributed by atoms with Crippen molar-refractivity contribution in [3.8, 4) is 23.7 Å². The van der Waals surface area contributed by atoms with Crippen molar-refractivity contribution in [1.29, 1.82) is 0 Å². The highest BCUT2D eigenvalue weighted by atomic mass is 19.3. The van der Waals surface area contributed by atoms with E-state index in [9.17, 15) is 18.4 Å². The molecule has 1 unspecified atom stereocenters. The molecule has 2 aromatic rings. The molecule has 0 aliphatic rings. The summed E-state index contributed by atoms with van der Waals surface area (Å²) in [6.45, 7) is 0.890. The molecule has 1 heterocycles. The van der Waals surface area contributed by atoms with Crippen molar-refractivity contribution in [2.45, 2.75) is 24.9 Å². The van der Waals surface area contributed by atoms with E-state index in [1.54, 1.807) is 6.07 Å². The number of benzene rings is 1. The Hall–Kier alpha value is -3.66. The maximum Gasteiger partial charge on any atom is 0.268 e. The molecular formula is C20H17F2N3O4. The van der Waals surface area contributed by atoms with Crippen molar-refractivity contribution in [1.82, 2.24) is 10.8 Å². The van der Waals surface area contributed by atoms with E-state index in [1.807, 2.05) is 0 Å². The first-order valence-corrected chi connectivity index (χ1v) is 8.22. The van der Waals surface area contributed by atoms with Gasteiger partial charge >= 0.3 is 0 Å². The highest BCUT2D eigenvalue weighted by Crippen LogP contribution is 2.18. The molecule has 0 aliphatic heterocycles. The molecule has 0 aliphatic carbocycles. The lowest BCUT2D eigenvalue weighted by molar-refractivity contribution is -0.134. The highest BCUT2D eigenvalue weighted by molar-refractivity contribution is 5.98. The van der Waals surface area contributed by atoms with Crippen LogP contribution < -0.4 is 16.5 Å². The number of halogens is 2. The molecule has 5 N–H and O–H groups in total. The summed E-state index contributed by atoms with van der Waals surface area (Å²) in [4.78, 5) is 24.0. The zero-order chi connectivity index (χ0) is 21.4. The molecule has 0 fully saturated rings. The first-order chi connectivity index (χ1) is 13.8. The Morgan fingerprint density at radius 3 is 2.28 bits per heavy atom. The number of hydroxylamine groups is 1. The predicted molar refractivity (Wildman–Crippen MR) is 98.7 cm³/mol. The van der Waals surface area contributed by atoms with Gasteiger partial charge in [-0.05, 0) is 55.0 Å². The van der Waals surface area contributed by atoms with Gasteiger partial charge in [0, 0.05) is 11.1 Å². The van der Waals surface area contributed by atoms with E-state index in [0.29, 0.717) is 11.1 Å². The zero-order valence-corrected chi connectivity index (χ0v) is 15.2. The lowest BCUT2D eigenvalue weighted by Crippen LogP contribution is -2.66. The van der Waals surface area contributed by atoms with Crippen LogP contribution in [0.5, 0.6) is 0 Å². The third kappa shape index (κ3) is 5.66. The molecular weight excluding hydrogens is 384 g/mol. The first-order valence-electron chi connectivity index (χ1n) is 8.22. The van der Waals surface area contributed by atoms with Crippen LogP contribution in [0.15, 0.2) is 47.3 Å². The van der Waals surface area contributed by atoms with E-state index in [-0.39, 0.29) is 5.56 Å². The van der Waals surface area contributed by atoms with Gasteiger partial charge in [0.25, 0.3) is 18.2 Å². The summed E-state index contributed by atoms with van der Waals surface area (Å²) < 4.78 is 31.1. The Morgan fingerprint density at radius 2 is 1.76 bits per heavy atom. The van der Waals surface area contributed by atoms with Crippen LogP contribution in [0.1, 0.15) is 28.4 Å². The van der Waals surface area contributed by atoms with Crippen LogP contribution in [0.25, 0.3) is 0 Å². The maximum absolute atomic E-state index is 13.1. The van der Waals surface area contributed by atoms with Gasteiger partial charge in [0.05, 0.1) is 11.8 Å². The van der Waals surface area contributed by atoms with Crippen LogP contribution in [-0.4, -0.2) is 35.0 Å². The fourth-order valence-electron chi connectivity index (χ4n) is 2.16. The van der Waals surface area contributed by atoms with Crippen LogP contribution in [-0.2, 0) is 4.79 Å². The van der Waals surface area contributed by atoms with Crippen molar-refractivity contribution >= 4 is 11.8 Å². The normalized spacial score (nSPS) is 13.2. The summed E-state index contributed by atoms with van der Waals surface area (Å²) in [5, 5.41) is 10.9. The van der Waals surface area contributed by atoms with E-state index in [1.165, 1.54) is 42.3 Å². The monoisotopic (exact) mass is 401 g/mol. The molecule has 1 aromatic heterocycles. The fourth-order valence-corrected chi connectivity index (χ4v) is 2.16. The van der Waals surface area contributed by atoms with Crippen molar-refractivity contribution in [2.24, 2.45) is 5.73 Å². The summed E-state index contributed by atoms with van der Waals surface area (Å²) in [6.07, 6.45) is -0.164. The van der Waals surface area contributed by atoms with Crippen molar-refractivity contribution < 1.29 is 28.0 Å². The fraction of sp³-hybridized carbons (Fsp3) is 0.200.